The number of aromatic nitrogens is 1. The van der Waals surface area contributed by atoms with E-state index in [-0.39, 0.29) is 10.7 Å². The van der Waals surface area contributed by atoms with Gasteiger partial charge in [-0.05, 0) is 0 Å². The van der Waals surface area contributed by atoms with E-state index < -0.39 is 4.92 Å². The quantitative estimate of drug-likeness (QED) is 0.458. The van der Waals surface area contributed by atoms with Crippen LogP contribution >= 0.6 is 11.6 Å². The highest BCUT2D eigenvalue weighted by Gasteiger charge is 2.04. The Bertz CT molecular complexity index is 264. The standard InChI is InChI=1S/C5H2ClN2O2/c6-4-1-5(8(9)10)3-7-2-4/h1,3H. The van der Waals surface area contributed by atoms with E-state index in [4.69, 9.17) is 11.6 Å². The molecule has 0 aliphatic carbocycles. The van der Waals surface area contributed by atoms with Crippen LogP contribution in [0.4, 0.5) is 5.69 Å². The summed E-state index contributed by atoms with van der Waals surface area (Å²) in [6, 6.07) is 1.19. The zero-order chi connectivity index (χ0) is 7.56. The molecule has 1 aromatic heterocycles. The second-order valence-electron chi connectivity index (χ2n) is 1.54. The Labute approximate surface area is 61.6 Å². The zero-order valence-electron chi connectivity index (χ0n) is 4.74. The van der Waals surface area contributed by atoms with E-state index in [0.717, 1.165) is 6.20 Å². The highest BCUT2D eigenvalue weighted by Crippen LogP contribution is 2.13. The maximum absolute atomic E-state index is 10.0. The van der Waals surface area contributed by atoms with Crippen LogP contribution in [0.1, 0.15) is 0 Å². The molecule has 0 unspecified atom stereocenters. The van der Waals surface area contributed by atoms with Crippen molar-refractivity contribution in [2.75, 3.05) is 0 Å². The number of nitrogens with zero attached hydrogens (tertiary/aromatic N) is 2. The van der Waals surface area contributed by atoms with E-state index >= 15 is 0 Å². The van der Waals surface area contributed by atoms with Crippen LogP contribution in [0.5, 0.6) is 0 Å². The van der Waals surface area contributed by atoms with Gasteiger partial charge in [0.05, 0.1) is 9.95 Å². The molecule has 0 atom stereocenters. The zero-order valence-corrected chi connectivity index (χ0v) is 5.50. The summed E-state index contributed by atoms with van der Waals surface area (Å²) in [4.78, 5) is 12.9. The topological polar surface area (TPSA) is 56.0 Å². The van der Waals surface area contributed by atoms with Gasteiger partial charge in [0.25, 0.3) is 5.69 Å². The van der Waals surface area contributed by atoms with Crippen molar-refractivity contribution >= 4 is 17.3 Å². The molecular weight excluding hydrogens is 156 g/mol. The minimum atomic E-state index is -0.563. The molecular formula is C5H2ClN2O2. The van der Waals surface area contributed by atoms with Crippen molar-refractivity contribution in [2.24, 2.45) is 0 Å². The van der Waals surface area contributed by atoms with Crippen LogP contribution in [0.3, 0.4) is 0 Å². The summed E-state index contributed by atoms with van der Waals surface area (Å²) in [6.07, 6.45) is 3.43. The van der Waals surface area contributed by atoms with Gasteiger partial charge < -0.3 is 0 Å². The minimum Gasteiger partial charge on any atom is -0.258 e. The first-order chi connectivity index (χ1) is 4.70. The van der Waals surface area contributed by atoms with Crippen LogP contribution in [0, 0.1) is 16.3 Å². The maximum Gasteiger partial charge on any atom is 0.289 e. The number of halogens is 1. The molecule has 51 valence electrons. The van der Waals surface area contributed by atoms with Crippen LogP contribution < -0.4 is 0 Å². The summed E-state index contributed by atoms with van der Waals surface area (Å²) in [5, 5.41) is 10.2. The molecule has 0 saturated carbocycles. The lowest BCUT2D eigenvalue weighted by molar-refractivity contribution is -0.385. The number of rotatable bonds is 1. The molecule has 4 nitrogen and oxygen atoms in total. The fourth-order valence-electron chi connectivity index (χ4n) is 0.459. The predicted molar refractivity (Wildman–Crippen MR) is 34.7 cm³/mol. The molecule has 0 saturated heterocycles. The van der Waals surface area contributed by atoms with Gasteiger partial charge in [-0.3, -0.25) is 10.1 Å². The molecule has 0 spiro atoms. The number of nitro groups is 1. The van der Waals surface area contributed by atoms with Gasteiger partial charge in [-0.25, -0.2) is 4.98 Å². The first-order valence-corrected chi connectivity index (χ1v) is 2.75. The SMILES string of the molecule is O=[N+]([O-])c1cn[c]c(Cl)c1. The Hall–Kier alpha value is -1.16. The van der Waals surface area contributed by atoms with Crippen molar-refractivity contribution in [2.45, 2.75) is 0 Å². The number of hydrogen-bond acceptors (Lipinski definition) is 3. The van der Waals surface area contributed by atoms with Crippen molar-refractivity contribution < 1.29 is 4.92 Å². The van der Waals surface area contributed by atoms with Crippen molar-refractivity contribution in [3.05, 3.63) is 33.6 Å². The van der Waals surface area contributed by atoms with Crippen LogP contribution in [0.15, 0.2) is 12.3 Å². The molecule has 1 heterocycles. The molecule has 0 amide bonds. The first-order valence-electron chi connectivity index (χ1n) is 2.38. The number of pyridine rings is 1. The van der Waals surface area contributed by atoms with Gasteiger partial charge in [0, 0.05) is 6.07 Å². The van der Waals surface area contributed by atoms with Gasteiger partial charge >= 0.3 is 0 Å². The summed E-state index contributed by atoms with van der Waals surface area (Å²) in [6.45, 7) is 0. The maximum atomic E-state index is 10.0. The third-order valence-corrected chi connectivity index (χ3v) is 1.05. The molecule has 5 heteroatoms. The summed E-state index contributed by atoms with van der Waals surface area (Å²) in [5.41, 5.74) is -0.122. The van der Waals surface area contributed by atoms with E-state index in [2.05, 4.69) is 11.2 Å². The fourth-order valence-corrected chi connectivity index (χ4v) is 0.620. The normalized spacial score (nSPS) is 9.30. The van der Waals surface area contributed by atoms with Gasteiger partial charge in [-0.2, -0.15) is 0 Å². The van der Waals surface area contributed by atoms with Crippen molar-refractivity contribution in [3.63, 3.8) is 0 Å². The van der Waals surface area contributed by atoms with E-state index in [9.17, 15) is 10.1 Å². The molecule has 10 heavy (non-hydrogen) atoms. The lowest BCUT2D eigenvalue weighted by Gasteiger charge is -1.87. The van der Waals surface area contributed by atoms with Crippen LogP contribution in [-0.2, 0) is 0 Å². The fraction of sp³-hybridized carbons (Fsp3) is 0. The summed E-state index contributed by atoms with van der Waals surface area (Å²) in [5.74, 6) is 0. The van der Waals surface area contributed by atoms with Gasteiger partial charge in [0.15, 0.2) is 0 Å². The highest BCUT2D eigenvalue weighted by molar-refractivity contribution is 6.30. The van der Waals surface area contributed by atoms with Gasteiger partial charge in [-0.1, -0.05) is 11.6 Å². The smallest absolute Gasteiger partial charge is 0.258 e. The van der Waals surface area contributed by atoms with E-state index in [1.165, 1.54) is 6.07 Å². The molecule has 0 aliphatic rings. The largest absolute Gasteiger partial charge is 0.289 e. The molecule has 0 aromatic carbocycles. The summed E-state index contributed by atoms with van der Waals surface area (Å²) < 4.78 is 0. The average Bonchev–Trinajstić information content (AvgIpc) is 1.88. The van der Waals surface area contributed by atoms with Crippen LogP contribution in [0.25, 0.3) is 0 Å². The number of hydrogen-bond donors (Lipinski definition) is 0. The van der Waals surface area contributed by atoms with E-state index in [0.29, 0.717) is 0 Å². The minimum absolute atomic E-state index is 0.122. The summed E-state index contributed by atoms with van der Waals surface area (Å²) in [7, 11) is 0. The van der Waals surface area contributed by atoms with E-state index in [1.54, 1.807) is 0 Å². The highest BCUT2D eigenvalue weighted by atomic mass is 35.5. The van der Waals surface area contributed by atoms with Gasteiger partial charge in [0.1, 0.15) is 12.4 Å². The average molecular weight is 158 g/mol. The Kier molecular flexibility index (Phi) is 1.82. The molecule has 0 aliphatic heterocycles. The lowest BCUT2D eigenvalue weighted by atomic mass is 10.4. The van der Waals surface area contributed by atoms with Crippen molar-refractivity contribution in [3.8, 4) is 0 Å². The van der Waals surface area contributed by atoms with Crippen molar-refractivity contribution in [1.82, 2.24) is 4.98 Å². The van der Waals surface area contributed by atoms with Crippen molar-refractivity contribution in [1.29, 1.82) is 0 Å². The molecule has 0 fully saturated rings. The Morgan fingerprint density at radius 1 is 1.80 bits per heavy atom. The van der Waals surface area contributed by atoms with Gasteiger partial charge in [0.2, 0.25) is 0 Å². The first kappa shape index (κ1) is 6.95. The second kappa shape index (κ2) is 2.62. The van der Waals surface area contributed by atoms with Crippen LogP contribution in [0.2, 0.25) is 5.02 Å². The summed E-state index contributed by atoms with van der Waals surface area (Å²) >= 11 is 5.37. The van der Waals surface area contributed by atoms with Crippen LogP contribution in [-0.4, -0.2) is 9.91 Å². The Balaban J connectivity index is 3.07. The Morgan fingerprint density at radius 3 is 2.90 bits per heavy atom. The molecule has 1 aromatic rings. The van der Waals surface area contributed by atoms with E-state index in [1.807, 2.05) is 0 Å². The lowest BCUT2D eigenvalue weighted by Crippen LogP contribution is -1.87. The monoisotopic (exact) mass is 157 g/mol. The molecule has 1 rings (SSSR count). The van der Waals surface area contributed by atoms with Gasteiger partial charge in [-0.15, -0.1) is 0 Å². The molecule has 0 bridgehead atoms. The molecule has 1 radical (unpaired) electrons. The third kappa shape index (κ3) is 1.41. The predicted octanol–water partition coefficient (Wildman–Crippen LogP) is 1.44. The Morgan fingerprint density at radius 2 is 2.50 bits per heavy atom. The third-order valence-electron chi connectivity index (χ3n) is 0.854. The second-order valence-corrected chi connectivity index (χ2v) is 1.95. The molecule has 0 N–H and O–H groups in total.